The maximum Gasteiger partial charge on any atom is 0.203 e. The number of nitrogens with one attached hydrogen (secondary N) is 2. The Morgan fingerprint density at radius 1 is 1.08 bits per heavy atom. The van der Waals surface area contributed by atoms with Crippen LogP contribution in [-0.4, -0.2) is 52.4 Å². The van der Waals surface area contributed by atoms with Crippen LogP contribution in [0, 0.1) is 0 Å². The summed E-state index contributed by atoms with van der Waals surface area (Å²) in [5.41, 5.74) is 0.991. The molecule has 8 heteroatoms. The lowest BCUT2D eigenvalue weighted by Gasteiger charge is -2.14. The predicted octanol–water partition coefficient (Wildman–Crippen LogP) is 3.14. The smallest absolute Gasteiger partial charge is 0.203 e. The topological polar surface area (TPSA) is 64.1 Å². The molecule has 0 bridgehead atoms. The normalized spacial score (nSPS) is 10.7. The van der Waals surface area contributed by atoms with Crippen molar-refractivity contribution >= 4 is 41.7 Å². The molecule has 0 amide bonds. The number of thioether (sulfide) groups is 1. The molecule has 25 heavy (non-hydrogen) atoms. The van der Waals surface area contributed by atoms with Crippen molar-refractivity contribution in [2.24, 2.45) is 4.99 Å². The van der Waals surface area contributed by atoms with Gasteiger partial charge in [0, 0.05) is 13.1 Å². The molecule has 0 aliphatic rings. The Morgan fingerprint density at radius 3 is 2.20 bits per heavy atom. The summed E-state index contributed by atoms with van der Waals surface area (Å²) in [6, 6.07) is 3.84. The highest BCUT2D eigenvalue weighted by atomic mass is 127. The number of hydrogen-bond donors (Lipinski definition) is 2. The zero-order valence-corrected chi connectivity index (χ0v) is 18.8. The number of rotatable bonds is 10. The quantitative estimate of drug-likeness (QED) is 0.231. The summed E-state index contributed by atoms with van der Waals surface area (Å²) >= 11 is 1.85. The van der Waals surface area contributed by atoms with E-state index in [-0.39, 0.29) is 24.0 Å². The van der Waals surface area contributed by atoms with Crippen molar-refractivity contribution < 1.29 is 14.2 Å². The molecule has 0 saturated heterocycles. The third kappa shape index (κ3) is 8.26. The Kier molecular flexibility index (Phi) is 13.6. The Balaban J connectivity index is 0.00000576. The van der Waals surface area contributed by atoms with Gasteiger partial charge < -0.3 is 24.8 Å². The van der Waals surface area contributed by atoms with Crippen molar-refractivity contribution in [3.63, 3.8) is 0 Å². The SMILES string of the molecule is CCNC(=NCc1cc(OC)c(OC)c(OC)c1)NCCCSC.I. The van der Waals surface area contributed by atoms with Crippen molar-refractivity contribution in [2.45, 2.75) is 19.9 Å². The molecule has 0 aliphatic carbocycles. The predicted molar refractivity (Wildman–Crippen MR) is 117 cm³/mol. The summed E-state index contributed by atoms with van der Waals surface area (Å²) in [5, 5.41) is 6.60. The highest BCUT2D eigenvalue weighted by molar-refractivity contribution is 14.0. The third-order valence-electron chi connectivity index (χ3n) is 3.31. The van der Waals surface area contributed by atoms with E-state index in [1.54, 1.807) is 21.3 Å². The second-order valence-corrected chi connectivity index (χ2v) is 5.99. The Labute approximate surface area is 172 Å². The maximum absolute atomic E-state index is 5.38. The number of ether oxygens (including phenoxy) is 3. The Morgan fingerprint density at radius 2 is 1.72 bits per heavy atom. The molecule has 144 valence electrons. The molecule has 0 saturated carbocycles. The summed E-state index contributed by atoms with van der Waals surface area (Å²) in [6.45, 7) is 4.30. The van der Waals surface area contributed by atoms with Crippen LogP contribution in [0.5, 0.6) is 17.2 Å². The highest BCUT2D eigenvalue weighted by Gasteiger charge is 2.13. The first-order chi connectivity index (χ1) is 11.7. The van der Waals surface area contributed by atoms with Gasteiger partial charge in [0.2, 0.25) is 5.75 Å². The first-order valence-corrected chi connectivity index (χ1v) is 9.39. The third-order valence-corrected chi connectivity index (χ3v) is 4.00. The van der Waals surface area contributed by atoms with Gasteiger partial charge in [-0.2, -0.15) is 11.8 Å². The van der Waals surface area contributed by atoms with E-state index < -0.39 is 0 Å². The van der Waals surface area contributed by atoms with Crippen LogP contribution < -0.4 is 24.8 Å². The summed E-state index contributed by atoms with van der Waals surface area (Å²) < 4.78 is 16.1. The van der Waals surface area contributed by atoms with Crippen LogP contribution in [0.15, 0.2) is 17.1 Å². The molecule has 0 unspecified atom stereocenters. The molecule has 0 atom stereocenters. The van der Waals surface area contributed by atoms with Crippen LogP contribution in [0.4, 0.5) is 0 Å². The van der Waals surface area contributed by atoms with E-state index in [0.29, 0.717) is 23.8 Å². The standard InChI is InChI=1S/C17H29N3O3S.HI/c1-6-18-17(19-8-7-9-24-5)20-12-13-10-14(21-2)16(23-4)15(11-13)22-3;/h10-11H,6-9,12H2,1-5H3,(H2,18,19,20);1H. The first-order valence-electron chi connectivity index (χ1n) is 8.00. The number of nitrogens with zero attached hydrogens (tertiary/aromatic N) is 1. The van der Waals surface area contributed by atoms with Gasteiger partial charge in [-0.3, -0.25) is 0 Å². The largest absolute Gasteiger partial charge is 0.493 e. The number of halogens is 1. The minimum Gasteiger partial charge on any atom is -0.493 e. The van der Waals surface area contributed by atoms with Gasteiger partial charge in [0.25, 0.3) is 0 Å². The van der Waals surface area contributed by atoms with Crippen LogP contribution in [0.1, 0.15) is 18.9 Å². The number of guanidine groups is 1. The molecule has 1 aromatic carbocycles. The Hall–Kier alpha value is -1.03. The van der Waals surface area contributed by atoms with Crippen molar-refractivity contribution in [1.29, 1.82) is 0 Å². The van der Waals surface area contributed by atoms with E-state index >= 15 is 0 Å². The molecule has 0 heterocycles. The lowest BCUT2D eigenvalue weighted by molar-refractivity contribution is 0.324. The van der Waals surface area contributed by atoms with E-state index in [9.17, 15) is 0 Å². The van der Waals surface area contributed by atoms with Crippen LogP contribution in [-0.2, 0) is 6.54 Å². The number of hydrogen-bond acceptors (Lipinski definition) is 5. The monoisotopic (exact) mass is 483 g/mol. The van der Waals surface area contributed by atoms with Gasteiger partial charge >= 0.3 is 0 Å². The van der Waals surface area contributed by atoms with Gasteiger partial charge in [-0.1, -0.05) is 0 Å². The minimum atomic E-state index is 0. The van der Waals surface area contributed by atoms with E-state index in [0.717, 1.165) is 36.8 Å². The number of methoxy groups -OCH3 is 3. The Bertz CT molecular complexity index is 505. The molecule has 0 fully saturated rings. The molecule has 0 aromatic heterocycles. The van der Waals surface area contributed by atoms with Crippen molar-refractivity contribution in [3.05, 3.63) is 17.7 Å². The lowest BCUT2D eigenvalue weighted by Crippen LogP contribution is -2.37. The van der Waals surface area contributed by atoms with Gasteiger partial charge in [-0.15, -0.1) is 24.0 Å². The van der Waals surface area contributed by atoms with Gasteiger partial charge in [0.1, 0.15) is 0 Å². The summed E-state index contributed by atoms with van der Waals surface area (Å²) in [5.74, 6) is 3.82. The fourth-order valence-corrected chi connectivity index (χ4v) is 2.60. The van der Waals surface area contributed by atoms with Crippen LogP contribution in [0.3, 0.4) is 0 Å². The average molecular weight is 483 g/mol. The van der Waals surface area contributed by atoms with Gasteiger partial charge in [0.05, 0.1) is 27.9 Å². The number of aliphatic imine (C=N–C) groups is 1. The van der Waals surface area contributed by atoms with Gasteiger partial charge in [0.15, 0.2) is 17.5 Å². The summed E-state index contributed by atoms with van der Waals surface area (Å²) in [4.78, 5) is 4.62. The molecule has 2 N–H and O–H groups in total. The molecular formula is C17H30IN3O3S. The van der Waals surface area contributed by atoms with Crippen molar-refractivity contribution in [1.82, 2.24) is 10.6 Å². The minimum absolute atomic E-state index is 0. The van der Waals surface area contributed by atoms with Gasteiger partial charge in [-0.05, 0) is 43.0 Å². The van der Waals surface area contributed by atoms with E-state index in [2.05, 4.69) is 28.8 Å². The molecule has 0 radical (unpaired) electrons. The fraction of sp³-hybridized carbons (Fsp3) is 0.588. The molecule has 0 aliphatic heterocycles. The molecule has 1 aromatic rings. The zero-order chi connectivity index (χ0) is 17.8. The zero-order valence-electron chi connectivity index (χ0n) is 15.7. The summed E-state index contributed by atoms with van der Waals surface area (Å²) in [6.07, 6.45) is 3.22. The summed E-state index contributed by atoms with van der Waals surface area (Å²) in [7, 11) is 4.82. The maximum atomic E-state index is 5.38. The van der Waals surface area contributed by atoms with Crippen molar-refractivity contribution in [2.75, 3.05) is 46.4 Å². The second kappa shape index (κ2) is 14.2. The second-order valence-electron chi connectivity index (χ2n) is 5.00. The molecule has 1 rings (SSSR count). The highest BCUT2D eigenvalue weighted by Crippen LogP contribution is 2.38. The molecule has 6 nitrogen and oxygen atoms in total. The molecule has 0 spiro atoms. The lowest BCUT2D eigenvalue weighted by atomic mass is 10.2. The van der Waals surface area contributed by atoms with Crippen LogP contribution in [0.25, 0.3) is 0 Å². The first kappa shape index (κ1) is 24.0. The molecular weight excluding hydrogens is 453 g/mol. The van der Waals surface area contributed by atoms with E-state index in [4.69, 9.17) is 14.2 Å². The average Bonchev–Trinajstić information content (AvgIpc) is 2.61. The number of benzene rings is 1. The van der Waals surface area contributed by atoms with Crippen molar-refractivity contribution in [3.8, 4) is 17.2 Å². The van der Waals surface area contributed by atoms with Gasteiger partial charge in [-0.25, -0.2) is 4.99 Å². The van der Waals surface area contributed by atoms with E-state index in [1.807, 2.05) is 23.9 Å². The van der Waals surface area contributed by atoms with Crippen LogP contribution >= 0.6 is 35.7 Å². The fourth-order valence-electron chi connectivity index (χ4n) is 2.16. The van der Waals surface area contributed by atoms with Crippen LogP contribution in [0.2, 0.25) is 0 Å². The van der Waals surface area contributed by atoms with E-state index in [1.165, 1.54) is 0 Å².